The monoisotopic (exact) mass is 432 g/mol. The van der Waals surface area contributed by atoms with Crippen LogP contribution in [0.15, 0.2) is 65.7 Å². The molecule has 1 amide bonds. The fraction of sp³-hybridized carbons (Fsp3) is 0.200. The van der Waals surface area contributed by atoms with E-state index in [-0.39, 0.29) is 16.5 Å². The molecule has 0 radical (unpaired) electrons. The van der Waals surface area contributed by atoms with E-state index in [1.165, 1.54) is 18.2 Å². The molecule has 1 aromatic heterocycles. The number of hydrogen-bond acceptors (Lipinski definition) is 4. The lowest BCUT2D eigenvalue weighted by Gasteiger charge is -2.12. The Labute approximate surface area is 174 Å². The first kappa shape index (κ1) is 21.0. The summed E-state index contributed by atoms with van der Waals surface area (Å²) in [6.07, 6.45) is 1.58. The Bertz CT molecular complexity index is 1110. The number of aromatic nitrogens is 2. The summed E-state index contributed by atoms with van der Waals surface area (Å²) in [5.74, 6) is 0.0722. The predicted octanol–water partition coefficient (Wildman–Crippen LogP) is 3.52. The van der Waals surface area contributed by atoms with Crippen molar-refractivity contribution in [3.05, 3.63) is 76.9 Å². The van der Waals surface area contributed by atoms with Crippen molar-refractivity contribution < 1.29 is 13.2 Å². The molecule has 0 atom stereocenters. The highest BCUT2D eigenvalue weighted by Gasteiger charge is 2.18. The molecule has 7 nitrogen and oxygen atoms in total. The van der Waals surface area contributed by atoms with E-state index in [4.69, 9.17) is 11.6 Å². The standard InChI is InChI=1S/C20H21ClN4O3S/c1-14(2)24-29(27,28)18-5-3-4-16(12-18)20(26)23-19-10-11-22-25(19)13-15-6-8-17(21)9-7-15/h3-12,14,24H,13H2,1-2H3,(H,23,26). The molecule has 0 aliphatic heterocycles. The number of carbonyl (C=O) groups is 1. The average molecular weight is 433 g/mol. The van der Waals surface area contributed by atoms with E-state index in [0.717, 1.165) is 5.56 Å². The van der Waals surface area contributed by atoms with Gasteiger partial charge in [0.25, 0.3) is 5.91 Å². The molecule has 9 heteroatoms. The molecule has 152 valence electrons. The molecule has 0 saturated heterocycles. The Hall–Kier alpha value is -2.68. The smallest absolute Gasteiger partial charge is 0.256 e. The van der Waals surface area contributed by atoms with Crippen molar-refractivity contribution in [1.82, 2.24) is 14.5 Å². The van der Waals surface area contributed by atoms with Gasteiger partial charge in [-0.15, -0.1) is 0 Å². The molecular weight excluding hydrogens is 412 g/mol. The number of benzene rings is 2. The summed E-state index contributed by atoms with van der Waals surface area (Å²) in [5, 5.41) is 7.65. The van der Waals surface area contributed by atoms with Gasteiger partial charge >= 0.3 is 0 Å². The number of nitrogens with one attached hydrogen (secondary N) is 2. The first-order valence-electron chi connectivity index (χ1n) is 8.94. The normalized spacial score (nSPS) is 11.6. The van der Waals surface area contributed by atoms with Crippen LogP contribution in [0.4, 0.5) is 5.82 Å². The summed E-state index contributed by atoms with van der Waals surface area (Å²) in [5.41, 5.74) is 1.21. The summed E-state index contributed by atoms with van der Waals surface area (Å²) < 4.78 is 28.8. The van der Waals surface area contributed by atoms with E-state index >= 15 is 0 Å². The van der Waals surface area contributed by atoms with Crippen molar-refractivity contribution >= 4 is 33.3 Å². The van der Waals surface area contributed by atoms with Crippen LogP contribution in [-0.4, -0.2) is 30.1 Å². The third-order valence-corrected chi connectivity index (χ3v) is 5.91. The summed E-state index contributed by atoms with van der Waals surface area (Å²) in [6, 6.07) is 14.7. The maximum Gasteiger partial charge on any atom is 0.256 e. The summed E-state index contributed by atoms with van der Waals surface area (Å²) in [7, 11) is -3.69. The van der Waals surface area contributed by atoms with Crippen LogP contribution in [-0.2, 0) is 16.6 Å². The minimum atomic E-state index is -3.69. The van der Waals surface area contributed by atoms with Crippen molar-refractivity contribution in [2.75, 3.05) is 5.32 Å². The van der Waals surface area contributed by atoms with Gasteiger partial charge in [-0.1, -0.05) is 29.8 Å². The summed E-state index contributed by atoms with van der Waals surface area (Å²) in [6.45, 7) is 3.92. The van der Waals surface area contributed by atoms with Crippen LogP contribution >= 0.6 is 11.6 Å². The molecule has 0 aliphatic carbocycles. The fourth-order valence-corrected chi connectivity index (χ4v) is 4.12. The van der Waals surface area contributed by atoms with Gasteiger partial charge in [0.2, 0.25) is 10.0 Å². The molecule has 29 heavy (non-hydrogen) atoms. The van der Waals surface area contributed by atoms with Gasteiger partial charge in [-0.25, -0.2) is 17.8 Å². The second-order valence-corrected chi connectivity index (χ2v) is 8.91. The largest absolute Gasteiger partial charge is 0.307 e. The lowest BCUT2D eigenvalue weighted by Crippen LogP contribution is -2.30. The summed E-state index contributed by atoms with van der Waals surface area (Å²) in [4.78, 5) is 12.7. The van der Waals surface area contributed by atoms with Gasteiger partial charge in [0.15, 0.2) is 0 Å². The minimum Gasteiger partial charge on any atom is -0.307 e. The highest BCUT2D eigenvalue weighted by molar-refractivity contribution is 7.89. The van der Waals surface area contributed by atoms with Gasteiger partial charge in [0.1, 0.15) is 5.82 Å². The molecule has 0 bridgehead atoms. The van der Waals surface area contributed by atoms with Crippen LogP contribution in [0.1, 0.15) is 29.8 Å². The zero-order chi connectivity index (χ0) is 21.0. The molecule has 3 aromatic rings. The number of carbonyl (C=O) groups excluding carboxylic acids is 1. The maximum atomic E-state index is 12.7. The van der Waals surface area contributed by atoms with E-state index in [1.54, 1.807) is 49.0 Å². The highest BCUT2D eigenvalue weighted by atomic mass is 35.5. The lowest BCUT2D eigenvalue weighted by molar-refractivity contribution is 0.102. The van der Waals surface area contributed by atoms with Crippen molar-refractivity contribution in [3.63, 3.8) is 0 Å². The number of halogens is 1. The topological polar surface area (TPSA) is 93.1 Å². The van der Waals surface area contributed by atoms with Gasteiger partial charge in [0, 0.05) is 22.7 Å². The van der Waals surface area contributed by atoms with Crippen molar-refractivity contribution in [2.45, 2.75) is 31.3 Å². The number of hydrogen-bond donors (Lipinski definition) is 2. The first-order valence-corrected chi connectivity index (χ1v) is 10.8. The molecule has 0 fully saturated rings. The SMILES string of the molecule is CC(C)NS(=O)(=O)c1cccc(C(=O)Nc2ccnn2Cc2ccc(Cl)cc2)c1. The molecular formula is C20H21ClN4O3S. The zero-order valence-corrected chi connectivity index (χ0v) is 17.5. The first-order chi connectivity index (χ1) is 13.7. The van der Waals surface area contributed by atoms with Crippen LogP contribution in [0.2, 0.25) is 5.02 Å². The van der Waals surface area contributed by atoms with Crippen LogP contribution < -0.4 is 10.0 Å². The molecule has 0 unspecified atom stereocenters. The maximum absolute atomic E-state index is 12.7. The second-order valence-electron chi connectivity index (χ2n) is 6.76. The van der Waals surface area contributed by atoms with Gasteiger partial charge < -0.3 is 5.32 Å². The Morgan fingerprint density at radius 1 is 1.14 bits per heavy atom. The fourth-order valence-electron chi connectivity index (χ4n) is 2.70. The van der Waals surface area contributed by atoms with Gasteiger partial charge in [0.05, 0.1) is 17.6 Å². The van der Waals surface area contributed by atoms with E-state index in [9.17, 15) is 13.2 Å². The number of nitrogens with zero attached hydrogens (tertiary/aromatic N) is 2. The Morgan fingerprint density at radius 3 is 2.55 bits per heavy atom. The van der Waals surface area contributed by atoms with Gasteiger partial charge in [-0.3, -0.25) is 4.79 Å². The van der Waals surface area contributed by atoms with Crippen molar-refractivity contribution in [2.24, 2.45) is 0 Å². The van der Waals surface area contributed by atoms with Crippen LogP contribution in [0.3, 0.4) is 0 Å². The molecule has 1 heterocycles. The second kappa shape index (κ2) is 8.77. The van der Waals surface area contributed by atoms with Crippen LogP contribution in [0.25, 0.3) is 0 Å². The molecule has 0 spiro atoms. The van der Waals surface area contributed by atoms with Gasteiger partial charge in [-0.2, -0.15) is 5.10 Å². The number of rotatable bonds is 7. The zero-order valence-electron chi connectivity index (χ0n) is 16.0. The third kappa shape index (κ3) is 5.44. The molecule has 3 rings (SSSR count). The highest BCUT2D eigenvalue weighted by Crippen LogP contribution is 2.16. The summed E-state index contributed by atoms with van der Waals surface area (Å²) >= 11 is 5.91. The minimum absolute atomic E-state index is 0.0357. The number of anilines is 1. The third-order valence-electron chi connectivity index (χ3n) is 4.00. The van der Waals surface area contributed by atoms with E-state index in [2.05, 4.69) is 15.1 Å². The quantitative estimate of drug-likeness (QED) is 0.597. The molecule has 2 aromatic carbocycles. The van der Waals surface area contributed by atoms with E-state index < -0.39 is 15.9 Å². The van der Waals surface area contributed by atoms with E-state index in [1.807, 2.05) is 12.1 Å². The average Bonchev–Trinajstić information content (AvgIpc) is 3.09. The number of amides is 1. The Balaban J connectivity index is 1.77. The molecule has 0 aliphatic rings. The molecule has 0 saturated carbocycles. The lowest BCUT2D eigenvalue weighted by atomic mass is 10.2. The van der Waals surface area contributed by atoms with Crippen molar-refractivity contribution in [3.8, 4) is 0 Å². The van der Waals surface area contributed by atoms with Crippen molar-refractivity contribution in [1.29, 1.82) is 0 Å². The Kier molecular flexibility index (Phi) is 6.36. The van der Waals surface area contributed by atoms with Crippen LogP contribution in [0, 0.1) is 0 Å². The van der Waals surface area contributed by atoms with E-state index in [0.29, 0.717) is 17.4 Å². The number of sulfonamides is 1. The predicted molar refractivity (Wildman–Crippen MR) is 113 cm³/mol. The Morgan fingerprint density at radius 2 is 1.86 bits per heavy atom. The van der Waals surface area contributed by atoms with Crippen LogP contribution in [0.5, 0.6) is 0 Å². The van der Waals surface area contributed by atoms with Gasteiger partial charge in [-0.05, 0) is 49.7 Å². The molecule has 2 N–H and O–H groups in total.